The molecule has 0 aliphatic carbocycles. The highest BCUT2D eigenvalue weighted by Gasteiger charge is 2.22. The number of ether oxygens (including phenoxy) is 1. The number of rotatable bonds is 7. The Bertz CT molecular complexity index is 563. The van der Waals surface area contributed by atoms with Crippen molar-refractivity contribution in [2.24, 2.45) is 0 Å². The van der Waals surface area contributed by atoms with Gasteiger partial charge >= 0.3 is 0 Å². The number of aromatic nitrogens is 2. The third-order valence-electron chi connectivity index (χ3n) is 2.19. The first-order valence-electron chi connectivity index (χ1n) is 5.86. The van der Waals surface area contributed by atoms with E-state index in [4.69, 9.17) is 16.3 Å². The summed E-state index contributed by atoms with van der Waals surface area (Å²) in [5.74, 6) is 0.969. The second-order valence-electron chi connectivity index (χ2n) is 5.04. The first-order valence-corrected chi connectivity index (χ1v) is 8.13. The Hall–Kier alpha value is -0.960. The van der Waals surface area contributed by atoms with Crippen molar-refractivity contribution in [3.8, 4) is 0 Å². The highest BCUT2D eigenvalue weighted by atomic mass is 35.5. The van der Waals surface area contributed by atoms with Gasteiger partial charge in [0.25, 0.3) is 0 Å². The molecule has 9 heteroatoms. The third kappa shape index (κ3) is 6.47. The molecule has 0 aliphatic heterocycles. The van der Waals surface area contributed by atoms with Crippen LogP contribution in [0, 0.1) is 0 Å². The molecular weight excluding hydrogens is 304 g/mol. The van der Waals surface area contributed by atoms with E-state index in [0.29, 0.717) is 23.3 Å². The summed E-state index contributed by atoms with van der Waals surface area (Å²) in [5, 5.41) is 3.32. The van der Waals surface area contributed by atoms with Crippen LogP contribution in [0.5, 0.6) is 0 Å². The Kier molecular flexibility index (Phi) is 5.69. The van der Waals surface area contributed by atoms with E-state index in [2.05, 4.69) is 20.0 Å². The zero-order valence-corrected chi connectivity index (χ0v) is 13.5. The number of nitrogens with zero attached hydrogens (tertiary/aromatic N) is 2. The fraction of sp³-hybridized carbons (Fsp3) is 0.636. The molecule has 1 heterocycles. The molecule has 1 rings (SSSR count). The molecule has 0 aliphatic rings. The topological polar surface area (TPSA) is 93.2 Å². The Morgan fingerprint density at radius 2 is 2.05 bits per heavy atom. The molecule has 0 amide bonds. The molecule has 0 fully saturated rings. The van der Waals surface area contributed by atoms with Gasteiger partial charge in [0, 0.05) is 25.3 Å². The Morgan fingerprint density at radius 1 is 1.40 bits per heavy atom. The van der Waals surface area contributed by atoms with Gasteiger partial charge in [-0.05, 0) is 13.8 Å². The summed E-state index contributed by atoms with van der Waals surface area (Å²) in [6.45, 7) is 4.12. The quantitative estimate of drug-likeness (QED) is 0.728. The van der Waals surface area contributed by atoms with Gasteiger partial charge in [0.2, 0.25) is 10.0 Å². The van der Waals surface area contributed by atoms with Gasteiger partial charge in [0.05, 0.1) is 6.26 Å². The predicted molar refractivity (Wildman–Crippen MR) is 78.3 cm³/mol. The van der Waals surface area contributed by atoms with E-state index >= 15 is 0 Å². The molecule has 1 aromatic heterocycles. The van der Waals surface area contributed by atoms with Gasteiger partial charge in [-0.1, -0.05) is 11.6 Å². The van der Waals surface area contributed by atoms with Crippen LogP contribution in [0.1, 0.15) is 19.7 Å². The van der Waals surface area contributed by atoms with Crippen LogP contribution < -0.4 is 10.0 Å². The van der Waals surface area contributed by atoms with Crippen LogP contribution in [0.2, 0.25) is 5.15 Å². The minimum atomic E-state index is -3.28. The fourth-order valence-electron chi connectivity index (χ4n) is 1.60. The van der Waals surface area contributed by atoms with E-state index < -0.39 is 15.6 Å². The fourth-order valence-corrected chi connectivity index (χ4v) is 2.88. The lowest BCUT2D eigenvalue weighted by Crippen LogP contribution is -2.47. The standard InChI is InChI=1S/C11H19ClN4O3S/c1-11(2,16-20(4,17)18)7-13-9-5-8(12)14-10(15-9)6-19-3/h5,16H,6-7H2,1-4H3,(H,13,14,15). The van der Waals surface area contributed by atoms with Crippen molar-refractivity contribution in [3.05, 3.63) is 17.0 Å². The summed E-state index contributed by atoms with van der Waals surface area (Å²) in [6, 6.07) is 1.57. The number of anilines is 1. The Morgan fingerprint density at radius 3 is 2.60 bits per heavy atom. The monoisotopic (exact) mass is 322 g/mol. The van der Waals surface area contributed by atoms with Gasteiger partial charge in [0.1, 0.15) is 17.6 Å². The number of hydrogen-bond donors (Lipinski definition) is 2. The van der Waals surface area contributed by atoms with Crippen LogP contribution >= 0.6 is 11.6 Å². The number of nitrogens with one attached hydrogen (secondary N) is 2. The summed E-state index contributed by atoms with van der Waals surface area (Å²) in [5.41, 5.74) is -0.660. The third-order valence-corrected chi connectivity index (χ3v) is 3.30. The van der Waals surface area contributed by atoms with Crippen LogP contribution in [0.3, 0.4) is 0 Å². The highest BCUT2D eigenvalue weighted by molar-refractivity contribution is 7.88. The van der Waals surface area contributed by atoms with Gasteiger partial charge in [-0.25, -0.2) is 23.1 Å². The normalized spacial score (nSPS) is 12.4. The Labute approximate surface area is 124 Å². The van der Waals surface area contributed by atoms with Crippen molar-refractivity contribution >= 4 is 27.4 Å². The summed E-state index contributed by atoms with van der Waals surface area (Å²) < 4.78 is 30.0. The van der Waals surface area contributed by atoms with Crippen LogP contribution in [-0.4, -0.2) is 43.8 Å². The molecular formula is C11H19ClN4O3S. The van der Waals surface area contributed by atoms with Crippen molar-refractivity contribution < 1.29 is 13.2 Å². The average molecular weight is 323 g/mol. The first kappa shape index (κ1) is 17.1. The number of sulfonamides is 1. The van der Waals surface area contributed by atoms with Gasteiger partial charge in [0.15, 0.2) is 5.82 Å². The summed E-state index contributed by atoms with van der Waals surface area (Å²) in [6.07, 6.45) is 1.12. The lowest BCUT2D eigenvalue weighted by Gasteiger charge is -2.25. The van der Waals surface area contributed by atoms with Crippen molar-refractivity contribution in [1.82, 2.24) is 14.7 Å². The molecule has 114 valence electrons. The molecule has 2 N–H and O–H groups in total. The second-order valence-corrected chi connectivity index (χ2v) is 7.17. The van der Waals surface area contributed by atoms with Gasteiger partial charge in [-0.3, -0.25) is 0 Å². The lowest BCUT2D eigenvalue weighted by atomic mass is 10.1. The van der Waals surface area contributed by atoms with E-state index in [9.17, 15) is 8.42 Å². The van der Waals surface area contributed by atoms with E-state index in [0.717, 1.165) is 6.26 Å². The van der Waals surface area contributed by atoms with E-state index in [1.165, 1.54) is 7.11 Å². The number of halogens is 1. The predicted octanol–water partition coefficient (Wildman–Crippen LogP) is 1.02. The van der Waals surface area contributed by atoms with Gasteiger partial charge in [-0.15, -0.1) is 0 Å². The van der Waals surface area contributed by atoms with E-state index in [1.54, 1.807) is 19.9 Å². The molecule has 0 radical (unpaired) electrons. The zero-order chi connectivity index (χ0) is 15.4. The molecule has 0 saturated carbocycles. The maximum atomic E-state index is 11.2. The van der Waals surface area contributed by atoms with Crippen LogP contribution in [0.4, 0.5) is 5.82 Å². The lowest BCUT2D eigenvalue weighted by molar-refractivity contribution is 0.178. The molecule has 0 atom stereocenters. The van der Waals surface area contributed by atoms with Crippen LogP contribution in [-0.2, 0) is 21.4 Å². The summed E-state index contributed by atoms with van der Waals surface area (Å²) in [7, 11) is -1.74. The minimum Gasteiger partial charge on any atom is -0.377 e. The van der Waals surface area contributed by atoms with Crippen molar-refractivity contribution in [2.75, 3.05) is 25.2 Å². The van der Waals surface area contributed by atoms with E-state index in [-0.39, 0.29) is 6.61 Å². The molecule has 0 spiro atoms. The molecule has 20 heavy (non-hydrogen) atoms. The molecule has 1 aromatic rings. The summed E-state index contributed by atoms with van der Waals surface area (Å²) in [4.78, 5) is 8.22. The number of hydrogen-bond acceptors (Lipinski definition) is 6. The zero-order valence-electron chi connectivity index (χ0n) is 11.9. The van der Waals surface area contributed by atoms with Crippen LogP contribution in [0.15, 0.2) is 6.07 Å². The maximum Gasteiger partial charge on any atom is 0.209 e. The Balaban J connectivity index is 2.74. The molecule has 0 aromatic carbocycles. The molecule has 0 saturated heterocycles. The second kappa shape index (κ2) is 6.66. The average Bonchev–Trinajstić information content (AvgIpc) is 2.23. The largest absolute Gasteiger partial charge is 0.377 e. The minimum absolute atomic E-state index is 0.250. The SMILES string of the molecule is COCc1nc(Cl)cc(NCC(C)(C)NS(C)(=O)=O)n1. The van der Waals surface area contributed by atoms with Crippen molar-refractivity contribution in [1.29, 1.82) is 0 Å². The smallest absolute Gasteiger partial charge is 0.209 e. The van der Waals surface area contributed by atoms with E-state index in [1.807, 2.05) is 0 Å². The van der Waals surface area contributed by atoms with Crippen molar-refractivity contribution in [2.45, 2.75) is 26.0 Å². The van der Waals surface area contributed by atoms with Gasteiger partial charge < -0.3 is 10.1 Å². The van der Waals surface area contributed by atoms with Crippen molar-refractivity contribution in [3.63, 3.8) is 0 Å². The van der Waals surface area contributed by atoms with Crippen LogP contribution in [0.25, 0.3) is 0 Å². The molecule has 0 bridgehead atoms. The highest BCUT2D eigenvalue weighted by Crippen LogP contribution is 2.13. The number of methoxy groups -OCH3 is 1. The molecule has 0 unspecified atom stereocenters. The molecule has 7 nitrogen and oxygen atoms in total. The first-order chi connectivity index (χ1) is 9.11. The van der Waals surface area contributed by atoms with Gasteiger partial charge in [-0.2, -0.15) is 0 Å². The maximum absolute atomic E-state index is 11.2. The summed E-state index contributed by atoms with van der Waals surface area (Å²) >= 11 is 5.88.